The Labute approximate surface area is 404 Å². The predicted molar refractivity (Wildman–Crippen MR) is 280 cm³/mol. The van der Waals surface area contributed by atoms with Gasteiger partial charge in [-0.3, -0.25) is 13.8 Å². The quantitative estimate of drug-likeness (QED) is 0.0268. The van der Waals surface area contributed by atoms with Gasteiger partial charge in [-0.2, -0.15) is 0 Å². The summed E-state index contributed by atoms with van der Waals surface area (Å²) in [6, 6.07) is 0. The summed E-state index contributed by atoms with van der Waals surface area (Å²) in [7, 11) is -4.28. The minimum atomic E-state index is -4.28. The minimum absolute atomic E-state index is 0.0925. The fraction of sp³-hybridized carbons (Fsp3) is 0.911. The molecule has 0 saturated carbocycles. The van der Waals surface area contributed by atoms with Crippen molar-refractivity contribution in [1.29, 1.82) is 0 Å². The van der Waals surface area contributed by atoms with E-state index in [1.54, 1.807) is 0 Å². The highest BCUT2D eigenvalue weighted by Crippen LogP contribution is 2.43. The SMILES string of the molecule is CCCCCCC/C=C\C/C=C\CCCCCCCCCCCCCCCC(=O)OC(COCCCCCCCCCCCCCCCCCCCCCCC)COP(=O)(O)OCCN. The van der Waals surface area contributed by atoms with E-state index >= 15 is 0 Å². The molecule has 0 bridgehead atoms. The molecule has 2 atom stereocenters. The zero-order chi connectivity index (χ0) is 47.3. The Morgan fingerprint density at radius 2 is 0.815 bits per heavy atom. The van der Waals surface area contributed by atoms with Crippen molar-refractivity contribution in [3.8, 4) is 0 Å². The van der Waals surface area contributed by atoms with E-state index in [0.29, 0.717) is 13.0 Å². The van der Waals surface area contributed by atoms with Gasteiger partial charge in [0, 0.05) is 19.6 Å². The van der Waals surface area contributed by atoms with Crippen molar-refractivity contribution >= 4 is 13.8 Å². The van der Waals surface area contributed by atoms with E-state index in [4.69, 9.17) is 24.3 Å². The van der Waals surface area contributed by atoms with Crippen LogP contribution in [0.25, 0.3) is 0 Å². The summed E-state index contributed by atoms with van der Waals surface area (Å²) in [5.74, 6) is -0.324. The molecule has 0 saturated heterocycles. The van der Waals surface area contributed by atoms with Crippen LogP contribution in [0.3, 0.4) is 0 Å². The lowest BCUT2D eigenvalue weighted by Gasteiger charge is -2.20. The standard InChI is InChI=1S/C56H110NO7P/c1-3-5-7-9-11-13-15-17-19-21-23-25-26-27-28-29-31-33-35-37-39-41-43-45-47-49-56(58)64-55(54-63-65(59,60)62-52-50-57)53-61-51-48-46-44-42-40-38-36-34-32-30-24-22-20-18-16-14-12-10-8-6-4-2/h15,17,21,23,55H,3-14,16,18-20,22,24-54,57H2,1-2H3,(H,59,60)/b17-15-,23-21-. The Balaban J connectivity index is 3.85. The van der Waals surface area contributed by atoms with Crippen LogP contribution >= 0.6 is 7.82 Å². The van der Waals surface area contributed by atoms with Crippen LogP contribution in [-0.2, 0) is 27.9 Å². The monoisotopic (exact) mass is 940 g/mol. The van der Waals surface area contributed by atoms with E-state index in [2.05, 4.69) is 38.2 Å². The van der Waals surface area contributed by atoms with E-state index in [-0.39, 0.29) is 32.3 Å². The molecule has 65 heavy (non-hydrogen) atoms. The van der Waals surface area contributed by atoms with E-state index in [1.807, 2.05) is 0 Å². The molecule has 0 radical (unpaired) electrons. The third kappa shape index (κ3) is 53.8. The van der Waals surface area contributed by atoms with Crippen LogP contribution in [0.4, 0.5) is 0 Å². The van der Waals surface area contributed by atoms with Gasteiger partial charge in [0.25, 0.3) is 0 Å². The third-order valence-electron chi connectivity index (χ3n) is 12.6. The largest absolute Gasteiger partial charge is 0.472 e. The lowest BCUT2D eigenvalue weighted by molar-refractivity contribution is -0.154. The number of allylic oxidation sites excluding steroid dienone is 4. The number of ether oxygens (including phenoxy) is 2. The van der Waals surface area contributed by atoms with Gasteiger partial charge in [-0.25, -0.2) is 4.57 Å². The number of unbranched alkanes of at least 4 members (excludes halogenated alkanes) is 38. The number of hydrogen-bond donors (Lipinski definition) is 2. The number of esters is 1. The number of phosphoric acid groups is 1. The highest BCUT2D eigenvalue weighted by molar-refractivity contribution is 7.47. The average Bonchev–Trinajstić information content (AvgIpc) is 3.30. The lowest BCUT2D eigenvalue weighted by Crippen LogP contribution is -2.28. The maximum atomic E-state index is 12.7. The summed E-state index contributed by atoms with van der Waals surface area (Å²) >= 11 is 0. The molecular formula is C56H110NO7P. The summed E-state index contributed by atoms with van der Waals surface area (Å²) < 4.78 is 33.7. The zero-order valence-electron chi connectivity index (χ0n) is 43.2. The van der Waals surface area contributed by atoms with Crippen molar-refractivity contribution in [2.24, 2.45) is 5.73 Å². The predicted octanol–water partition coefficient (Wildman–Crippen LogP) is 17.9. The molecule has 3 N–H and O–H groups in total. The first-order chi connectivity index (χ1) is 31.9. The second kappa shape index (κ2) is 53.9. The minimum Gasteiger partial charge on any atom is -0.457 e. The van der Waals surface area contributed by atoms with Gasteiger partial charge in [0.15, 0.2) is 0 Å². The second-order valence-corrected chi connectivity index (χ2v) is 20.6. The van der Waals surface area contributed by atoms with Crippen molar-refractivity contribution in [1.82, 2.24) is 0 Å². The summed E-state index contributed by atoms with van der Waals surface area (Å²) in [4.78, 5) is 22.7. The van der Waals surface area contributed by atoms with Crippen LogP contribution in [-0.4, -0.2) is 49.9 Å². The molecular weight excluding hydrogens is 830 g/mol. The Kier molecular flexibility index (Phi) is 53.1. The van der Waals surface area contributed by atoms with Crippen molar-refractivity contribution in [3.63, 3.8) is 0 Å². The van der Waals surface area contributed by atoms with E-state index in [9.17, 15) is 14.3 Å². The number of rotatable bonds is 55. The average molecular weight is 940 g/mol. The maximum absolute atomic E-state index is 12.7. The number of hydrogen-bond acceptors (Lipinski definition) is 7. The third-order valence-corrected chi connectivity index (χ3v) is 13.6. The first kappa shape index (κ1) is 64.0. The van der Waals surface area contributed by atoms with Crippen molar-refractivity contribution in [3.05, 3.63) is 24.3 Å². The Morgan fingerprint density at radius 1 is 0.462 bits per heavy atom. The van der Waals surface area contributed by atoms with Gasteiger partial charge >= 0.3 is 13.8 Å². The molecule has 0 aromatic rings. The van der Waals surface area contributed by atoms with Gasteiger partial charge < -0.3 is 20.1 Å². The van der Waals surface area contributed by atoms with Gasteiger partial charge in [-0.1, -0.05) is 263 Å². The van der Waals surface area contributed by atoms with Crippen molar-refractivity contribution < 1.29 is 32.8 Å². The van der Waals surface area contributed by atoms with E-state index in [1.165, 1.54) is 231 Å². The molecule has 0 aromatic carbocycles. The van der Waals surface area contributed by atoms with Crippen LogP contribution in [0, 0.1) is 0 Å². The lowest BCUT2D eigenvalue weighted by atomic mass is 10.0. The summed E-state index contributed by atoms with van der Waals surface area (Å²) in [6.45, 7) is 4.99. The fourth-order valence-electron chi connectivity index (χ4n) is 8.44. The number of carbonyl (C=O) groups is 1. The van der Waals surface area contributed by atoms with E-state index in [0.717, 1.165) is 38.5 Å². The molecule has 386 valence electrons. The van der Waals surface area contributed by atoms with Gasteiger partial charge in [0.05, 0.1) is 19.8 Å². The molecule has 2 unspecified atom stereocenters. The van der Waals surface area contributed by atoms with Crippen LogP contribution < -0.4 is 5.73 Å². The Bertz CT molecular complexity index is 1060. The summed E-state index contributed by atoms with van der Waals surface area (Å²) in [5, 5.41) is 0. The van der Waals surface area contributed by atoms with E-state index < -0.39 is 13.9 Å². The number of nitrogens with two attached hydrogens (primary N) is 1. The first-order valence-electron chi connectivity index (χ1n) is 28.3. The Hall–Kier alpha value is -1.02. The van der Waals surface area contributed by atoms with Crippen LogP contribution in [0.2, 0.25) is 0 Å². The molecule has 0 aromatic heterocycles. The van der Waals surface area contributed by atoms with Crippen LogP contribution in [0.1, 0.15) is 290 Å². The van der Waals surface area contributed by atoms with Gasteiger partial charge in [-0.05, 0) is 44.9 Å². The fourth-order valence-corrected chi connectivity index (χ4v) is 9.21. The summed E-state index contributed by atoms with van der Waals surface area (Å²) in [6.07, 6.45) is 63.7. The van der Waals surface area contributed by atoms with Gasteiger partial charge in [-0.15, -0.1) is 0 Å². The number of phosphoric ester groups is 1. The second-order valence-electron chi connectivity index (χ2n) is 19.2. The highest BCUT2D eigenvalue weighted by Gasteiger charge is 2.25. The normalized spacial score (nSPS) is 13.4. The summed E-state index contributed by atoms with van der Waals surface area (Å²) in [5.41, 5.74) is 5.40. The number of carbonyl (C=O) groups excluding carboxylic acids is 1. The molecule has 0 rings (SSSR count). The molecule has 0 heterocycles. The van der Waals surface area contributed by atoms with Crippen LogP contribution in [0.5, 0.6) is 0 Å². The zero-order valence-corrected chi connectivity index (χ0v) is 44.1. The smallest absolute Gasteiger partial charge is 0.457 e. The topological polar surface area (TPSA) is 117 Å². The molecule has 8 nitrogen and oxygen atoms in total. The first-order valence-corrected chi connectivity index (χ1v) is 29.8. The molecule has 0 aliphatic rings. The molecule has 0 aliphatic heterocycles. The Morgan fingerprint density at radius 3 is 1.20 bits per heavy atom. The van der Waals surface area contributed by atoms with Crippen molar-refractivity contribution in [2.45, 2.75) is 296 Å². The van der Waals surface area contributed by atoms with Crippen molar-refractivity contribution in [2.75, 3.05) is 33.0 Å². The molecule has 0 aliphatic carbocycles. The van der Waals surface area contributed by atoms with Gasteiger partial charge in [0.2, 0.25) is 0 Å². The maximum Gasteiger partial charge on any atom is 0.472 e. The highest BCUT2D eigenvalue weighted by atomic mass is 31.2. The molecule has 0 fully saturated rings. The van der Waals surface area contributed by atoms with Gasteiger partial charge in [0.1, 0.15) is 6.10 Å². The molecule has 0 spiro atoms. The van der Waals surface area contributed by atoms with Crippen LogP contribution in [0.15, 0.2) is 24.3 Å². The molecule has 0 amide bonds. The molecule has 9 heteroatoms.